The number of rotatable bonds is 7. The average molecular weight is 379 g/mol. The number of ketones is 1. The summed E-state index contributed by atoms with van der Waals surface area (Å²) < 4.78 is 10.6. The average Bonchev–Trinajstić information content (AvgIpc) is 2.71. The number of Topliss-reactive ketones (excluding diaryl/α,β-unsaturated/α-hetero) is 1. The highest BCUT2D eigenvalue weighted by molar-refractivity contribution is 5.95. The summed E-state index contributed by atoms with van der Waals surface area (Å²) in [5.41, 5.74) is 8.51. The van der Waals surface area contributed by atoms with Crippen molar-refractivity contribution in [3.05, 3.63) is 54.4 Å². The van der Waals surface area contributed by atoms with Gasteiger partial charge in [-0.1, -0.05) is 12.1 Å². The number of benzene rings is 2. The van der Waals surface area contributed by atoms with Gasteiger partial charge in [-0.3, -0.25) is 4.79 Å². The van der Waals surface area contributed by atoms with Gasteiger partial charge in [-0.05, 0) is 31.2 Å². The van der Waals surface area contributed by atoms with Gasteiger partial charge in [0.15, 0.2) is 17.4 Å². The van der Waals surface area contributed by atoms with Crippen molar-refractivity contribution in [2.24, 2.45) is 0 Å². The third kappa shape index (κ3) is 4.12. The monoisotopic (exact) mass is 379 g/mol. The molecule has 0 spiro atoms. The fourth-order valence-electron chi connectivity index (χ4n) is 2.59. The van der Waals surface area contributed by atoms with Gasteiger partial charge >= 0.3 is 0 Å². The fourth-order valence-corrected chi connectivity index (χ4v) is 2.59. The molecular formula is C20H21N5O3. The maximum Gasteiger partial charge on any atom is 0.159 e. The van der Waals surface area contributed by atoms with Gasteiger partial charge in [-0.15, -0.1) is 0 Å². The molecule has 4 N–H and O–H groups in total. The lowest BCUT2D eigenvalue weighted by Crippen LogP contribution is -2.06. The number of carbonyl (C=O) groups excluding carboxylic acids is 1. The van der Waals surface area contributed by atoms with Crippen LogP contribution >= 0.6 is 0 Å². The van der Waals surface area contributed by atoms with E-state index in [9.17, 15) is 4.79 Å². The van der Waals surface area contributed by atoms with Crippen LogP contribution < -0.4 is 25.8 Å². The number of anilines is 5. The largest absolute Gasteiger partial charge is 0.497 e. The molecule has 8 heteroatoms. The number of nitrogens with two attached hydrogens (primary N) is 1. The molecule has 2 aromatic carbocycles. The number of ether oxygens (including phenoxy) is 2. The van der Waals surface area contributed by atoms with Gasteiger partial charge in [-0.25, -0.2) is 9.97 Å². The Hall–Kier alpha value is -3.81. The normalized spacial score (nSPS) is 10.2. The van der Waals surface area contributed by atoms with Crippen LogP contribution in [0.15, 0.2) is 48.8 Å². The molecule has 0 aliphatic heterocycles. The van der Waals surface area contributed by atoms with Crippen molar-refractivity contribution < 1.29 is 14.3 Å². The van der Waals surface area contributed by atoms with Gasteiger partial charge in [0.25, 0.3) is 0 Å². The smallest absolute Gasteiger partial charge is 0.159 e. The second-order valence-electron chi connectivity index (χ2n) is 5.94. The van der Waals surface area contributed by atoms with Gasteiger partial charge in [-0.2, -0.15) is 0 Å². The Morgan fingerprint density at radius 3 is 2.43 bits per heavy atom. The van der Waals surface area contributed by atoms with Crippen molar-refractivity contribution in [3.8, 4) is 11.5 Å². The second kappa shape index (κ2) is 8.26. The number of methoxy groups -OCH3 is 2. The van der Waals surface area contributed by atoms with E-state index in [4.69, 9.17) is 15.2 Å². The summed E-state index contributed by atoms with van der Waals surface area (Å²) in [6.45, 7) is 1.52. The molecule has 0 saturated heterocycles. The standard InChI is InChI=1S/C20H21N5O3/c1-12(26)13-5-4-6-14(9-13)24-19-18(21)20(23-11-22-19)25-16-10-15(27-2)7-8-17(16)28-3/h4-11H,21H2,1-3H3,(H2,22,23,24,25). The van der Waals surface area contributed by atoms with Crippen molar-refractivity contribution in [2.75, 3.05) is 30.6 Å². The van der Waals surface area contributed by atoms with Gasteiger partial charge in [0, 0.05) is 17.3 Å². The minimum absolute atomic E-state index is 0.0215. The Morgan fingerprint density at radius 2 is 1.75 bits per heavy atom. The number of hydrogen-bond donors (Lipinski definition) is 3. The predicted octanol–water partition coefficient (Wildman–Crippen LogP) is 3.77. The van der Waals surface area contributed by atoms with Gasteiger partial charge in [0.1, 0.15) is 23.5 Å². The Labute approximate surface area is 162 Å². The van der Waals surface area contributed by atoms with E-state index in [-0.39, 0.29) is 5.78 Å². The number of carbonyl (C=O) groups is 1. The molecule has 8 nitrogen and oxygen atoms in total. The van der Waals surface area contributed by atoms with Crippen LogP contribution in [0.3, 0.4) is 0 Å². The van der Waals surface area contributed by atoms with Crippen LogP contribution in [0.25, 0.3) is 0 Å². The third-order valence-electron chi connectivity index (χ3n) is 4.08. The van der Waals surface area contributed by atoms with Crippen LogP contribution in [0.4, 0.5) is 28.7 Å². The number of nitrogens with one attached hydrogen (secondary N) is 2. The minimum Gasteiger partial charge on any atom is -0.497 e. The molecule has 0 radical (unpaired) electrons. The summed E-state index contributed by atoms with van der Waals surface area (Å²) in [5.74, 6) is 2.08. The summed E-state index contributed by atoms with van der Waals surface area (Å²) in [6.07, 6.45) is 1.39. The Balaban J connectivity index is 1.90. The van der Waals surface area contributed by atoms with E-state index in [0.29, 0.717) is 45.8 Å². The zero-order valence-electron chi connectivity index (χ0n) is 15.8. The lowest BCUT2D eigenvalue weighted by molar-refractivity contribution is 0.101. The molecule has 0 aliphatic rings. The fraction of sp³-hybridized carbons (Fsp3) is 0.150. The van der Waals surface area contributed by atoms with Crippen LogP contribution in [0, 0.1) is 0 Å². The van der Waals surface area contributed by atoms with Crippen molar-refractivity contribution in [2.45, 2.75) is 6.92 Å². The van der Waals surface area contributed by atoms with Gasteiger partial charge in [0.2, 0.25) is 0 Å². The van der Waals surface area contributed by atoms with Crippen LogP contribution in [0.1, 0.15) is 17.3 Å². The molecule has 28 heavy (non-hydrogen) atoms. The van der Waals surface area contributed by atoms with E-state index in [1.54, 1.807) is 50.6 Å². The molecule has 0 bridgehead atoms. The summed E-state index contributed by atoms with van der Waals surface area (Å²) in [7, 11) is 3.16. The summed E-state index contributed by atoms with van der Waals surface area (Å²) >= 11 is 0. The zero-order chi connectivity index (χ0) is 20.1. The summed E-state index contributed by atoms with van der Waals surface area (Å²) in [4.78, 5) is 20.0. The maximum atomic E-state index is 11.6. The Morgan fingerprint density at radius 1 is 1.00 bits per heavy atom. The van der Waals surface area contributed by atoms with Crippen molar-refractivity contribution in [1.29, 1.82) is 0 Å². The van der Waals surface area contributed by atoms with E-state index < -0.39 is 0 Å². The highest BCUT2D eigenvalue weighted by Crippen LogP contribution is 2.34. The zero-order valence-corrected chi connectivity index (χ0v) is 15.8. The van der Waals surface area contributed by atoms with E-state index in [1.165, 1.54) is 13.3 Å². The van der Waals surface area contributed by atoms with Crippen LogP contribution in [0.5, 0.6) is 11.5 Å². The van der Waals surface area contributed by atoms with Gasteiger partial charge in [0.05, 0.1) is 19.9 Å². The molecule has 0 aliphatic carbocycles. The highest BCUT2D eigenvalue weighted by atomic mass is 16.5. The van der Waals surface area contributed by atoms with E-state index in [0.717, 1.165) is 0 Å². The summed E-state index contributed by atoms with van der Waals surface area (Å²) in [6, 6.07) is 12.5. The first-order chi connectivity index (χ1) is 13.5. The first kappa shape index (κ1) is 19.0. The lowest BCUT2D eigenvalue weighted by atomic mass is 10.1. The number of nitrogens with zero attached hydrogens (tertiary/aromatic N) is 2. The predicted molar refractivity (Wildman–Crippen MR) is 109 cm³/mol. The number of nitrogen functional groups attached to an aromatic ring is 1. The van der Waals surface area contributed by atoms with E-state index in [1.807, 2.05) is 6.07 Å². The maximum absolute atomic E-state index is 11.6. The molecule has 0 atom stereocenters. The van der Waals surface area contributed by atoms with Crippen molar-refractivity contribution >= 4 is 34.5 Å². The van der Waals surface area contributed by atoms with Crippen molar-refractivity contribution in [3.63, 3.8) is 0 Å². The van der Waals surface area contributed by atoms with Crippen LogP contribution in [0.2, 0.25) is 0 Å². The molecule has 0 amide bonds. The number of hydrogen-bond acceptors (Lipinski definition) is 8. The first-order valence-corrected chi connectivity index (χ1v) is 8.49. The molecule has 0 fully saturated rings. The molecule has 3 aromatic rings. The second-order valence-corrected chi connectivity index (χ2v) is 5.94. The molecule has 0 saturated carbocycles. The highest BCUT2D eigenvalue weighted by Gasteiger charge is 2.12. The molecule has 1 heterocycles. The SMILES string of the molecule is COc1ccc(OC)c(Nc2ncnc(Nc3cccc(C(C)=O)c3)c2N)c1. The topological polar surface area (TPSA) is 111 Å². The quantitative estimate of drug-likeness (QED) is 0.532. The van der Waals surface area contributed by atoms with Crippen LogP contribution in [-0.2, 0) is 0 Å². The molecule has 0 unspecified atom stereocenters. The first-order valence-electron chi connectivity index (χ1n) is 8.49. The van der Waals surface area contributed by atoms with Gasteiger partial charge < -0.3 is 25.8 Å². The molecular weight excluding hydrogens is 358 g/mol. The molecule has 1 aromatic heterocycles. The molecule has 3 rings (SSSR count). The Kier molecular flexibility index (Phi) is 5.59. The number of aromatic nitrogens is 2. The minimum atomic E-state index is -0.0215. The summed E-state index contributed by atoms with van der Waals surface area (Å²) in [5, 5.41) is 6.27. The van der Waals surface area contributed by atoms with E-state index in [2.05, 4.69) is 20.6 Å². The lowest BCUT2D eigenvalue weighted by Gasteiger charge is -2.15. The van der Waals surface area contributed by atoms with Crippen LogP contribution in [-0.4, -0.2) is 30.0 Å². The molecule has 144 valence electrons. The third-order valence-corrected chi connectivity index (χ3v) is 4.08. The van der Waals surface area contributed by atoms with Crippen molar-refractivity contribution in [1.82, 2.24) is 9.97 Å². The van der Waals surface area contributed by atoms with E-state index >= 15 is 0 Å². The Bertz CT molecular complexity index is 1010.